The van der Waals surface area contributed by atoms with E-state index in [4.69, 9.17) is 5.11 Å². The number of nitro groups is 2. The second-order valence-electron chi connectivity index (χ2n) is 4.05. The Labute approximate surface area is 120 Å². The van der Waals surface area contributed by atoms with Crippen molar-refractivity contribution in [2.24, 2.45) is 0 Å². The lowest BCUT2D eigenvalue weighted by molar-refractivity contribution is -0.394. The van der Waals surface area contributed by atoms with E-state index in [1.807, 2.05) is 12.1 Å². The SMILES string of the molecule is CCc1ccc(O)cc1.O=[N+]([O-])c1cccc([N+](=O)[O-])c1. The number of nitro benzene ring substituents is 2. The fourth-order valence-corrected chi connectivity index (χ4v) is 1.45. The first-order valence-electron chi connectivity index (χ1n) is 6.10. The fraction of sp³-hybridized carbons (Fsp3) is 0.143. The van der Waals surface area contributed by atoms with Crippen molar-refractivity contribution < 1.29 is 15.0 Å². The first-order valence-corrected chi connectivity index (χ1v) is 6.10. The third kappa shape index (κ3) is 5.27. The quantitative estimate of drug-likeness (QED) is 0.688. The highest BCUT2D eigenvalue weighted by molar-refractivity contribution is 5.42. The zero-order valence-electron chi connectivity index (χ0n) is 11.3. The summed E-state index contributed by atoms with van der Waals surface area (Å²) >= 11 is 0. The van der Waals surface area contributed by atoms with Gasteiger partial charge in [-0.3, -0.25) is 20.2 Å². The predicted molar refractivity (Wildman–Crippen MR) is 77.2 cm³/mol. The number of phenolic OH excluding ortho intramolecular Hbond substituents is 1. The molecule has 0 unspecified atom stereocenters. The zero-order chi connectivity index (χ0) is 15.8. The van der Waals surface area contributed by atoms with Crippen LogP contribution in [0.3, 0.4) is 0 Å². The fourth-order valence-electron chi connectivity index (χ4n) is 1.45. The Morgan fingerprint density at radius 2 is 1.43 bits per heavy atom. The number of phenols is 1. The van der Waals surface area contributed by atoms with Gasteiger partial charge in [-0.25, -0.2) is 0 Å². The van der Waals surface area contributed by atoms with Crippen LogP contribution in [-0.4, -0.2) is 15.0 Å². The minimum absolute atomic E-state index is 0.274. The van der Waals surface area contributed by atoms with Gasteiger partial charge in [0.2, 0.25) is 0 Å². The number of non-ortho nitro benzene ring substituents is 2. The van der Waals surface area contributed by atoms with Gasteiger partial charge < -0.3 is 5.11 Å². The molecule has 0 bridgehead atoms. The number of aryl methyl sites for hydroxylation is 1. The maximum Gasteiger partial charge on any atom is 0.276 e. The van der Waals surface area contributed by atoms with E-state index in [9.17, 15) is 20.2 Å². The average molecular weight is 290 g/mol. The molecule has 0 aliphatic heterocycles. The lowest BCUT2D eigenvalue weighted by Gasteiger charge is -1.93. The van der Waals surface area contributed by atoms with Gasteiger partial charge in [0.1, 0.15) is 5.75 Å². The molecule has 0 spiro atoms. The van der Waals surface area contributed by atoms with Crippen LogP contribution in [0, 0.1) is 20.2 Å². The molecule has 0 saturated heterocycles. The molecule has 0 amide bonds. The van der Waals surface area contributed by atoms with Gasteiger partial charge in [0.25, 0.3) is 11.4 Å². The van der Waals surface area contributed by atoms with E-state index in [1.54, 1.807) is 12.1 Å². The average Bonchev–Trinajstić information content (AvgIpc) is 2.49. The lowest BCUT2D eigenvalue weighted by atomic mass is 10.2. The summed E-state index contributed by atoms with van der Waals surface area (Å²) in [6.07, 6.45) is 1.03. The van der Waals surface area contributed by atoms with Gasteiger partial charge in [0, 0.05) is 12.1 Å². The molecule has 0 aromatic heterocycles. The number of hydrogen-bond donors (Lipinski definition) is 1. The second kappa shape index (κ2) is 7.59. The number of hydrogen-bond acceptors (Lipinski definition) is 5. The second-order valence-corrected chi connectivity index (χ2v) is 4.05. The van der Waals surface area contributed by atoms with Crippen molar-refractivity contribution in [1.82, 2.24) is 0 Å². The normalized spacial score (nSPS) is 9.38. The topological polar surface area (TPSA) is 107 Å². The van der Waals surface area contributed by atoms with Crippen molar-refractivity contribution in [3.8, 4) is 5.75 Å². The highest BCUT2D eigenvalue weighted by atomic mass is 16.6. The van der Waals surface area contributed by atoms with Crippen LogP contribution in [0.4, 0.5) is 11.4 Å². The van der Waals surface area contributed by atoms with E-state index >= 15 is 0 Å². The molecule has 0 aliphatic carbocycles. The van der Waals surface area contributed by atoms with Crippen LogP contribution in [0.1, 0.15) is 12.5 Å². The molecule has 2 aromatic carbocycles. The summed E-state index contributed by atoms with van der Waals surface area (Å²) in [5.41, 5.74) is 0.709. The number of benzene rings is 2. The maximum atomic E-state index is 10.2. The summed E-state index contributed by atoms with van der Waals surface area (Å²) in [5, 5.41) is 29.2. The van der Waals surface area contributed by atoms with Gasteiger partial charge in [-0.2, -0.15) is 0 Å². The van der Waals surface area contributed by atoms with Crippen molar-refractivity contribution in [2.75, 3.05) is 0 Å². The highest BCUT2D eigenvalue weighted by Crippen LogP contribution is 2.18. The van der Waals surface area contributed by atoms with Crippen LogP contribution in [0.15, 0.2) is 48.5 Å². The van der Waals surface area contributed by atoms with Gasteiger partial charge >= 0.3 is 0 Å². The Morgan fingerprint density at radius 1 is 0.952 bits per heavy atom. The Bertz CT molecular complexity index is 596. The number of rotatable bonds is 3. The van der Waals surface area contributed by atoms with E-state index in [1.165, 1.54) is 23.8 Å². The Hall–Kier alpha value is -2.96. The summed E-state index contributed by atoms with van der Waals surface area (Å²) < 4.78 is 0. The minimum atomic E-state index is -0.674. The molecular weight excluding hydrogens is 276 g/mol. The van der Waals surface area contributed by atoms with Crippen LogP contribution in [-0.2, 0) is 6.42 Å². The summed E-state index contributed by atoms with van der Waals surface area (Å²) in [5.74, 6) is 0.340. The van der Waals surface area contributed by atoms with Gasteiger partial charge in [-0.15, -0.1) is 0 Å². The molecule has 0 fully saturated rings. The van der Waals surface area contributed by atoms with Crippen molar-refractivity contribution in [2.45, 2.75) is 13.3 Å². The molecule has 7 heteroatoms. The predicted octanol–water partition coefficient (Wildman–Crippen LogP) is 3.46. The van der Waals surface area contributed by atoms with E-state index in [2.05, 4.69) is 6.92 Å². The summed E-state index contributed by atoms with van der Waals surface area (Å²) in [4.78, 5) is 19.0. The molecule has 0 radical (unpaired) electrons. The summed E-state index contributed by atoms with van der Waals surface area (Å²) in [6, 6.07) is 11.9. The molecule has 0 saturated carbocycles. The molecule has 2 aromatic rings. The first kappa shape index (κ1) is 16.1. The van der Waals surface area contributed by atoms with Crippen molar-refractivity contribution in [1.29, 1.82) is 0 Å². The van der Waals surface area contributed by atoms with Crippen LogP contribution in [0.5, 0.6) is 5.75 Å². The molecule has 0 heterocycles. The summed E-state index contributed by atoms with van der Waals surface area (Å²) in [7, 11) is 0. The third-order valence-corrected chi connectivity index (χ3v) is 2.60. The Balaban J connectivity index is 0.000000219. The van der Waals surface area contributed by atoms with Crippen molar-refractivity contribution in [3.05, 3.63) is 74.3 Å². The van der Waals surface area contributed by atoms with E-state index in [0.717, 1.165) is 12.5 Å². The molecule has 0 aliphatic rings. The maximum absolute atomic E-state index is 10.2. The number of aromatic hydroxyl groups is 1. The van der Waals surface area contributed by atoms with Crippen LogP contribution < -0.4 is 0 Å². The Morgan fingerprint density at radius 3 is 1.81 bits per heavy atom. The van der Waals surface area contributed by atoms with Crippen molar-refractivity contribution in [3.63, 3.8) is 0 Å². The summed E-state index contributed by atoms with van der Waals surface area (Å²) in [6.45, 7) is 2.09. The molecule has 21 heavy (non-hydrogen) atoms. The molecule has 110 valence electrons. The van der Waals surface area contributed by atoms with Gasteiger partial charge in [-0.05, 0) is 30.2 Å². The third-order valence-electron chi connectivity index (χ3n) is 2.60. The molecule has 0 atom stereocenters. The van der Waals surface area contributed by atoms with Gasteiger partial charge in [-0.1, -0.05) is 19.1 Å². The van der Waals surface area contributed by atoms with E-state index in [0.29, 0.717) is 5.75 Å². The largest absolute Gasteiger partial charge is 0.508 e. The van der Waals surface area contributed by atoms with Crippen LogP contribution in [0.25, 0.3) is 0 Å². The monoisotopic (exact) mass is 290 g/mol. The van der Waals surface area contributed by atoms with Gasteiger partial charge in [0.05, 0.1) is 15.9 Å². The zero-order valence-corrected chi connectivity index (χ0v) is 11.3. The molecule has 2 rings (SSSR count). The van der Waals surface area contributed by atoms with E-state index < -0.39 is 9.85 Å². The van der Waals surface area contributed by atoms with Crippen LogP contribution >= 0.6 is 0 Å². The molecule has 1 N–H and O–H groups in total. The highest BCUT2D eigenvalue weighted by Gasteiger charge is 2.11. The van der Waals surface area contributed by atoms with Gasteiger partial charge in [0.15, 0.2) is 0 Å². The standard InChI is InChI=1S/C8H10O.C6H4N2O4/c1-2-7-3-5-8(9)6-4-7;9-7(10)5-2-1-3-6(4-5)8(11)12/h3-6,9H,2H2,1H3;1-4H. The van der Waals surface area contributed by atoms with Crippen molar-refractivity contribution >= 4 is 11.4 Å². The first-order chi connectivity index (χ1) is 9.93. The lowest BCUT2D eigenvalue weighted by Crippen LogP contribution is -1.91. The van der Waals surface area contributed by atoms with E-state index in [-0.39, 0.29) is 11.4 Å². The van der Waals surface area contributed by atoms with Crippen LogP contribution in [0.2, 0.25) is 0 Å². The smallest absolute Gasteiger partial charge is 0.276 e. The minimum Gasteiger partial charge on any atom is -0.508 e. The molecular formula is C14H14N2O5. The molecule has 7 nitrogen and oxygen atoms in total. The number of nitrogens with zero attached hydrogens (tertiary/aromatic N) is 2. The Kier molecular flexibility index (Phi) is 5.81.